The molecule has 1 aromatic carbocycles. The number of nitrogens with zero attached hydrogens (tertiary/aromatic N) is 4. The van der Waals surface area contributed by atoms with Gasteiger partial charge in [-0.3, -0.25) is 0 Å². The lowest BCUT2D eigenvalue weighted by atomic mass is 9.88. The van der Waals surface area contributed by atoms with Gasteiger partial charge in [0.2, 0.25) is 0 Å². The third kappa shape index (κ3) is 3.16. The first-order chi connectivity index (χ1) is 12.5. The van der Waals surface area contributed by atoms with E-state index >= 15 is 0 Å². The van der Waals surface area contributed by atoms with Crippen LogP contribution >= 0.6 is 11.6 Å². The smallest absolute Gasteiger partial charge is 0.182 e. The Morgan fingerprint density at radius 3 is 2.42 bits per heavy atom. The van der Waals surface area contributed by atoms with Crippen LogP contribution in [0.1, 0.15) is 55.2 Å². The summed E-state index contributed by atoms with van der Waals surface area (Å²) in [7, 11) is 0. The first-order valence-corrected chi connectivity index (χ1v) is 9.39. The maximum absolute atomic E-state index is 14.6. The summed E-state index contributed by atoms with van der Waals surface area (Å²) < 4.78 is 14.6. The van der Waals surface area contributed by atoms with Gasteiger partial charge in [0.1, 0.15) is 22.9 Å². The molecule has 0 radical (unpaired) electrons. The summed E-state index contributed by atoms with van der Waals surface area (Å²) in [6.45, 7) is 3.80. The minimum absolute atomic E-state index is 0.297. The molecule has 26 heavy (non-hydrogen) atoms. The van der Waals surface area contributed by atoms with Crippen molar-refractivity contribution in [3.8, 4) is 11.3 Å². The van der Waals surface area contributed by atoms with Crippen molar-refractivity contribution in [2.75, 3.05) is 0 Å². The Bertz CT molecular complexity index is 983. The summed E-state index contributed by atoms with van der Waals surface area (Å²) in [6.07, 6.45) is 5.73. The van der Waals surface area contributed by atoms with Crippen LogP contribution in [-0.2, 0) is 0 Å². The van der Waals surface area contributed by atoms with E-state index in [1.54, 1.807) is 12.1 Å². The third-order valence-electron chi connectivity index (χ3n) is 5.12. The minimum atomic E-state index is -0.410. The van der Waals surface area contributed by atoms with E-state index in [2.05, 4.69) is 9.97 Å². The Balaban J connectivity index is 1.97. The van der Waals surface area contributed by atoms with Gasteiger partial charge in [0.25, 0.3) is 0 Å². The molecule has 2 aromatic heterocycles. The van der Waals surface area contributed by atoms with E-state index in [1.807, 2.05) is 13.8 Å². The third-order valence-corrected chi connectivity index (χ3v) is 5.35. The lowest BCUT2D eigenvalue weighted by Crippen LogP contribution is -2.11. The molecule has 4 rings (SSSR count). The highest BCUT2D eigenvalue weighted by atomic mass is 35.5. The van der Waals surface area contributed by atoms with E-state index in [9.17, 15) is 4.39 Å². The predicted molar refractivity (Wildman–Crippen MR) is 101 cm³/mol. The maximum Gasteiger partial charge on any atom is 0.182 e. The molecule has 0 atom stereocenters. The van der Waals surface area contributed by atoms with E-state index in [0.717, 1.165) is 30.1 Å². The number of aryl methyl sites for hydroxylation is 2. The van der Waals surface area contributed by atoms with Gasteiger partial charge in [0, 0.05) is 16.5 Å². The normalized spacial score (nSPS) is 15.5. The second-order valence-electron chi connectivity index (χ2n) is 6.96. The summed E-state index contributed by atoms with van der Waals surface area (Å²) in [5, 5.41) is 0.357. The fraction of sp³-hybridized carbons (Fsp3) is 0.400. The molecular weight excluding hydrogens is 351 g/mol. The molecule has 1 fully saturated rings. The van der Waals surface area contributed by atoms with Gasteiger partial charge in [-0.1, -0.05) is 30.9 Å². The summed E-state index contributed by atoms with van der Waals surface area (Å²) in [5.74, 6) is 0.636. The SMILES string of the molecule is Cc1nc2nc(C3CCCCC3)nc(-c3ccc(Cl)cc3F)c2nc1C. The number of rotatable bonds is 2. The van der Waals surface area contributed by atoms with Crippen LogP contribution in [0.25, 0.3) is 22.4 Å². The quantitative estimate of drug-likeness (QED) is 0.594. The van der Waals surface area contributed by atoms with Gasteiger partial charge in [0.05, 0.1) is 11.4 Å². The molecule has 1 aliphatic carbocycles. The lowest BCUT2D eigenvalue weighted by molar-refractivity contribution is 0.429. The second kappa shape index (κ2) is 6.88. The Kier molecular flexibility index (Phi) is 4.57. The molecule has 134 valence electrons. The molecule has 0 amide bonds. The van der Waals surface area contributed by atoms with Crippen LogP contribution in [0.2, 0.25) is 5.02 Å². The molecule has 1 aliphatic rings. The lowest BCUT2D eigenvalue weighted by Gasteiger charge is -2.21. The van der Waals surface area contributed by atoms with Crippen LogP contribution in [0.3, 0.4) is 0 Å². The van der Waals surface area contributed by atoms with E-state index in [4.69, 9.17) is 21.6 Å². The highest BCUT2D eigenvalue weighted by Crippen LogP contribution is 2.34. The van der Waals surface area contributed by atoms with Crippen molar-refractivity contribution in [3.63, 3.8) is 0 Å². The van der Waals surface area contributed by atoms with Gasteiger partial charge in [0.15, 0.2) is 5.65 Å². The Labute approximate surface area is 156 Å². The highest BCUT2D eigenvalue weighted by Gasteiger charge is 2.23. The zero-order valence-electron chi connectivity index (χ0n) is 14.9. The van der Waals surface area contributed by atoms with Gasteiger partial charge in [-0.05, 0) is 44.9 Å². The van der Waals surface area contributed by atoms with E-state index in [-0.39, 0.29) is 0 Å². The topological polar surface area (TPSA) is 51.6 Å². The van der Waals surface area contributed by atoms with Crippen LogP contribution in [-0.4, -0.2) is 19.9 Å². The van der Waals surface area contributed by atoms with Gasteiger partial charge < -0.3 is 0 Å². The molecule has 1 saturated carbocycles. The fourth-order valence-electron chi connectivity index (χ4n) is 3.54. The van der Waals surface area contributed by atoms with Crippen molar-refractivity contribution in [1.29, 1.82) is 0 Å². The minimum Gasteiger partial charge on any atom is -0.246 e. The van der Waals surface area contributed by atoms with Crippen LogP contribution in [0.15, 0.2) is 18.2 Å². The highest BCUT2D eigenvalue weighted by molar-refractivity contribution is 6.30. The van der Waals surface area contributed by atoms with Gasteiger partial charge in [-0.25, -0.2) is 24.3 Å². The van der Waals surface area contributed by atoms with Gasteiger partial charge in [-0.2, -0.15) is 0 Å². The molecule has 0 N–H and O–H groups in total. The Hall–Kier alpha value is -2.14. The molecule has 3 aromatic rings. The van der Waals surface area contributed by atoms with Crippen molar-refractivity contribution < 1.29 is 4.39 Å². The fourth-order valence-corrected chi connectivity index (χ4v) is 3.70. The van der Waals surface area contributed by atoms with Crippen LogP contribution in [0.4, 0.5) is 4.39 Å². The second-order valence-corrected chi connectivity index (χ2v) is 7.39. The number of hydrogen-bond acceptors (Lipinski definition) is 4. The summed E-state index contributed by atoms with van der Waals surface area (Å²) >= 11 is 5.92. The number of fused-ring (bicyclic) bond motifs is 1. The molecular formula is C20H20ClFN4. The predicted octanol–water partition coefficient (Wildman–Crippen LogP) is 5.54. The molecule has 0 spiro atoms. The number of aromatic nitrogens is 4. The summed E-state index contributed by atoms with van der Waals surface area (Å²) in [6, 6.07) is 4.63. The largest absolute Gasteiger partial charge is 0.246 e. The van der Waals surface area contributed by atoms with Crippen molar-refractivity contribution in [2.45, 2.75) is 51.9 Å². The average Bonchev–Trinajstić information content (AvgIpc) is 2.63. The first kappa shape index (κ1) is 17.3. The van der Waals surface area contributed by atoms with Crippen LogP contribution in [0, 0.1) is 19.7 Å². The summed E-state index contributed by atoms with van der Waals surface area (Å²) in [4.78, 5) is 18.7. The molecule has 0 bridgehead atoms. The molecule has 4 nitrogen and oxygen atoms in total. The van der Waals surface area contributed by atoms with Crippen molar-refractivity contribution in [1.82, 2.24) is 19.9 Å². The monoisotopic (exact) mass is 370 g/mol. The molecule has 6 heteroatoms. The first-order valence-electron chi connectivity index (χ1n) is 9.01. The Morgan fingerprint density at radius 2 is 1.69 bits per heavy atom. The standard InChI is InChI=1S/C20H20ClFN4/c1-11-12(2)24-20-18(23-11)17(15-9-8-14(21)10-16(15)22)25-19(26-20)13-6-4-3-5-7-13/h8-10,13H,3-7H2,1-2H3. The van der Waals surface area contributed by atoms with Crippen LogP contribution in [0.5, 0.6) is 0 Å². The summed E-state index contributed by atoms with van der Waals surface area (Å²) in [5.41, 5.74) is 3.58. The van der Waals surface area contributed by atoms with E-state index in [0.29, 0.717) is 33.4 Å². The van der Waals surface area contributed by atoms with E-state index in [1.165, 1.54) is 25.3 Å². The van der Waals surface area contributed by atoms with Crippen LogP contribution < -0.4 is 0 Å². The van der Waals surface area contributed by atoms with Crippen molar-refractivity contribution in [3.05, 3.63) is 46.3 Å². The van der Waals surface area contributed by atoms with Gasteiger partial charge >= 0.3 is 0 Å². The van der Waals surface area contributed by atoms with Gasteiger partial charge in [-0.15, -0.1) is 0 Å². The zero-order chi connectivity index (χ0) is 18.3. The number of halogens is 2. The molecule has 0 unspecified atom stereocenters. The molecule has 2 heterocycles. The molecule has 0 saturated heterocycles. The maximum atomic E-state index is 14.6. The number of benzene rings is 1. The van der Waals surface area contributed by atoms with Crippen molar-refractivity contribution in [2.24, 2.45) is 0 Å². The average molecular weight is 371 g/mol. The number of hydrogen-bond donors (Lipinski definition) is 0. The Morgan fingerprint density at radius 1 is 0.962 bits per heavy atom. The molecule has 0 aliphatic heterocycles. The van der Waals surface area contributed by atoms with Crippen molar-refractivity contribution >= 4 is 22.8 Å². The zero-order valence-corrected chi connectivity index (χ0v) is 15.6. The van der Waals surface area contributed by atoms with E-state index < -0.39 is 5.82 Å².